The smallest absolute Gasteiger partial charge is 0.326 e. The highest BCUT2D eigenvalue weighted by Crippen LogP contribution is 2.12. The number of terminal acetylenes is 1. The van der Waals surface area contributed by atoms with Crippen LogP contribution >= 0.6 is 0 Å². The first kappa shape index (κ1) is 16.6. The molecule has 5 nitrogen and oxygen atoms in total. The zero-order valence-corrected chi connectivity index (χ0v) is 12.1. The number of aliphatic carboxylic acids is 1. The number of hydrogen-bond acceptors (Lipinski definition) is 3. The van der Waals surface area contributed by atoms with Crippen molar-refractivity contribution in [2.75, 3.05) is 6.61 Å². The van der Waals surface area contributed by atoms with E-state index in [1.807, 2.05) is 0 Å². The van der Waals surface area contributed by atoms with E-state index in [1.165, 1.54) is 0 Å². The summed E-state index contributed by atoms with van der Waals surface area (Å²) in [5.41, 5.74) is 0.772. The van der Waals surface area contributed by atoms with Gasteiger partial charge in [0.05, 0.1) is 6.42 Å². The Kier molecular flexibility index (Phi) is 6.28. The van der Waals surface area contributed by atoms with E-state index in [-0.39, 0.29) is 24.9 Å². The standard InChI is InChI=1S/C16H19NO4/c1-4-9-21-13-7-5-12(6-8-13)10-14(18)17-15(11(2)3)16(19)20/h1,5-8,11,15H,9-10H2,2-3H3,(H,17,18)(H,19,20). The predicted octanol–water partition coefficient (Wildman–Crippen LogP) is 1.47. The molecule has 1 atom stereocenters. The predicted molar refractivity (Wildman–Crippen MR) is 78.9 cm³/mol. The molecule has 0 saturated carbocycles. The molecule has 1 aromatic carbocycles. The topological polar surface area (TPSA) is 75.6 Å². The monoisotopic (exact) mass is 289 g/mol. The maximum absolute atomic E-state index is 11.9. The molecule has 0 heterocycles. The maximum Gasteiger partial charge on any atom is 0.326 e. The molecule has 0 aliphatic carbocycles. The van der Waals surface area contributed by atoms with E-state index in [4.69, 9.17) is 16.3 Å². The van der Waals surface area contributed by atoms with Gasteiger partial charge < -0.3 is 15.2 Å². The number of carboxylic acids is 1. The van der Waals surface area contributed by atoms with Gasteiger partial charge in [0.1, 0.15) is 18.4 Å². The summed E-state index contributed by atoms with van der Waals surface area (Å²) in [6.45, 7) is 3.68. The second-order valence-electron chi connectivity index (χ2n) is 4.94. The first-order valence-corrected chi connectivity index (χ1v) is 6.61. The summed E-state index contributed by atoms with van der Waals surface area (Å²) in [5, 5.41) is 11.5. The first-order valence-electron chi connectivity index (χ1n) is 6.61. The van der Waals surface area contributed by atoms with Crippen LogP contribution in [0.15, 0.2) is 24.3 Å². The summed E-state index contributed by atoms with van der Waals surface area (Å²) < 4.78 is 5.23. The van der Waals surface area contributed by atoms with Crippen molar-refractivity contribution in [3.05, 3.63) is 29.8 Å². The van der Waals surface area contributed by atoms with Crippen LogP contribution < -0.4 is 10.1 Å². The van der Waals surface area contributed by atoms with Crippen LogP contribution in [0.25, 0.3) is 0 Å². The Balaban J connectivity index is 2.58. The molecule has 1 amide bonds. The lowest BCUT2D eigenvalue weighted by Crippen LogP contribution is -2.44. The molecule has 21 heavy (non-hydrogen) atoms. The molecule has 1 unspecified atom stereocenters. The molecule has 0 aliphatic rings. The number of nitrogens with one attached hydrogen (secondary N) is 1. The number of carboxylic acid groups (broad SMARTS) is 1. The zero-order valence-electron chi connectivity index (χ0n) is 12.1. The second kappa shape index (κ2) is 7.95. The SMILES string of the molecule is C#CCOc1ccc(CC(=O)NC(C(=O)O)C(C)C)cc1. The zero-order chi connectivity index (χ0) is 15.8. The van der Waals surface area contributed by atoms with Crippen LogP contribution in [-0.4, -0.2) is 29.6 Å². The van der Waals surface area contributed by atoms with E-state index in [0.717, 1.165) is 5.56 Å². The Morgan fingerprint density at radius 1 is 1.33 bits per heavy atom. The van der Waals surface area contributed by atoms with Crippen molar-refractivity contribution in [3.8, 4) is 18.1 Å². The van der Waals surface area contributed by atoms with Crippen molar-refractivity contribution in [3.63, 3.8) is 0 Å². The molecule has 0 fully saturated rings. The van der Waals surface area contributed by atoms with Gasteiger partial charge in [-0.2, -0.15) is 0 Å². The van der Waals surface area contributed by atoms with Crippen LogP contribution in [0.3, 0.4) is 0 Å². The average Bonchev–Trinajstić information content (AvgIpc) is 2.43. The van der Waals surface area contributed by atoms with Crippen molar-refractivity contribution < 1.29 is 19.4 Å². The Morgan fingerprint density at radius 3 is 2.43 bits per heavy atom. The van der Waals surface area contributed by atoms with Crippen LogP contribution in [0.4, 0.5) is 0 Å². The molecule has 0 saturated heterocycles. The van der Waals surface area contributed by atoms with E-state index in [2.05, 4.69) is 11.2 Å². The van der Waals surface area contributed by atoms with Crippen molar-refractivity contribution in [2.24, 2.45) is 5.92 Å². The molecule has 0 spiro atoms. The van der Waals surface area contributed by atoms with Gasteiger partial charge in [0.15, 0.2) is 0 Å². The number of benzene rings is 1. The lowest BCUT2D eigenvalue weighted by molar-refractivity contribution is -0.143. The molecule has 0 aliphatic heterocycles. The molecule has 2 N–H and O–H groups in total. The van der Waals surface area contributed by atoms with Crippen LogP contribution in [-0.2, 0) is 16.0 Å². The van der Waals surface area contributed by atoms with E-state index < -0.39 is 12.0 Å². The third kappa shape index (κ3) is 5.57. The molecule has 0 radical (unpaired) electrons. The third-order valence-corrected chi connectivity index (χ3v) is 2.86. The van der Waals surface area contributed by atoms with E-state index in [0.29, 0.717) is 5.75 Å². The summed E-state index contributed by atoms with van der Waals surface area (Å²) in [6.07, 6.45) is 5.21. The van der Waals surface area contributed by atoms with Gasteiger partial charge in [-0.1, -0.05) is 31.9 Å². The molecule has 112 valence electrons. The number of rotatable bonds is 7. The maximum atomic E-state index is 11.9. The minimum Gasteiger partial charge on any atom is -0.481 e. The largest absolute Gasteiger partial charge is 0.481 e. The first-order chi connectivity index (χ1) is 9.93. The quantitative estimate of drug-likeness (QED) is 0.745. The minimum atomic E-state index is -1.03. The van der Waals surface area contributed by atoms with Crippen LogP contribution in [0.5, 0.6) is 5.75 Å². The average molecular weight is 289 g/mol. The number of ether oxygens (including phenoxy) is 1. The summed E-state index contributed by atoms with van der Waals surface area (Å²) in [6, 6.07) is 6.05. The Labute approximate surface area is 124 Å². The van der Waals surface area contributed by atoms with E-state index in [9.17, 15) is 9.59 Å². The molecular formula is C16H19NO4. The van der Waals surface area contributed by atoms with Gasteiger partial charge in [-0.05, 0) is 23.6 Å². The third-order valence-electron chi connectivity index (χ3n) is 2.86. The van der Waals surface area contributed by atoms with Gasteiger partial charge in [0.25, 0.3) is 0 Å². The van der Waals surface area contributed by atoms with E-state index >= 15 is 0 Å². The van der Waals surface area contributed by atoms with Gasteiger partial charge in [0.2, 0.25) is 5.91 Å². The number of hydrogen-bond donors (Lipinski definition) is 2. The highest BCUT2D eigenvalue weighted by molar-refractivity contribution is 5.85. The minimum absolute atomic E-state index is 0.117. The second-order valence-corrected chi connectivity index (χ2v) is 4.94. The fourth-order valence-corrected chi connectivity index (χ4v) is 1.75. The molecule has 1 rings (SSSR count). The van der Waals surface area contributed by atoms with Crippen LogP contribution in [0.1, 0.15) is 19.4 Å². The number of carbonyl (C=O) groups is 2. The van der Waals surface area contributed by atoms with Gasteiger partial charge in [-0.15, -0.1) is 6.42 Å². The fourth-order valence-electron chi connectivity index (χ4n) is 1.75. The summed E-state index contributed by atoms with van der Waals surface area (Å²) in [5.74, 6) is 1.46. The van der Waals surface area contributed by atoms with Gasteiger partial charge in [0, 0.05) is 0 Å². The van der Waals surface area contributed by atoms with Gasteiger partial charge in [-0.3, -0.25) is 4.79 Å². The molecule has 1 aromatic rings. The Morgan fingerprint density at radius 2 is 1.95 bits per heavy atom. The lowest BCUT2D eigenvalue weighted by Gasteiger charge is -2.17. The van der Waals surface area contributed by atoms with E-state index in [1.54, 1.807) is 38.1 Å². The summed E-state index contributed by atoms with van der Waals surface area (Å²) in [7, 11) is 0. The highest BCUT2D eigenvalue weighted by Gasteiger charge is 2.23. The molecular weight excluding hydrogens is 270 g/mol. The van der Waals surface area contributed by atoms with Crippen LogP contribution in [0.2, 0.25) is 0 Å². The van der Waals surface area contributed by atoms with Crippen molar-refractivity contribution in [1.29, 1.82) is 0 Å². The summed E-state index contributed by atoms with van der Waals surface area (Å²) >= 11 is 0. The normalized spacial score (nSPS) is 11.5. The van der Waals surface area contributed by atoms with Crippen LogP contribution in [0, 0.1) is 18.3 Å². The van der Waals surface area contributed by atoms with Crippen molar-refractivity contribution >= 4 is 11.9 Å². The van der Waals surface area contributed by atoms with Crippen molar-refractivity contribution in [2.45, 2.75) is 26.3 Å². The van der Waals surface area contributed by atoms with Gasteiger partial charge in [-0.25, -0.2) is 4.79 Å². The fraction of sp³-hybridized carbons (Fsp3) is 0.375. The number of amides is 1. The number of carbonyl (C=O) groups excluding carboxylic acids is 1. The lowest BCUT2D eigenvalue weighted by atomic mass is 10.0. The Bertz CT molecular complexity index is 528. The highest BCUT2D eigenvalue weighted by atomic mass is 16.5. The molecule has 0 aromatic heterocycles. The Hall–Kier alpha value is -2.48. The van der Waals surface area contributed by atoms with Gasteiger partial charge >= 0.3 is 5.97 Å². The molecule has 0 bridgehead atoms. The summed E-state index contributed by atoms with van der Waals surface area (Å²) in [4.78, 5) is 22.9. The van der Waals surface area contributed by atoms with Crippen molar-refractivity contribution in [1.82, 2.24) is 5.32 Å². The molecule has 5 heteroatoms.